The second kappa shape index (κ2) is 16.6. The molecule has 0 spiro atoms. The summed E-state index contributed by atoms with van der Waals surface area (Å²) in [5, 5.41) is 0. The second-order valence-corrected chi connectivity index (χ2v) is 12.9. The van der Waals surface area contributed by atoms with Crippen LogP contribution in [0.15, 0.2) is 76.9 Å². The standard InChI is InChI=1S/C37H52N2O.C2H6/c1-4-38(5-2)20-10-15-37(40)34-14-9-13-31(28(3)23-34)24-29-18-21-39(22-19-29)27-36(30-11-7-6-8-12-30)33-17-16-32-25-35(32)26-33;1-2/h6-8,11-12,16-17,23,26,29,32,35-36H,4-5,9-10,13-15,18-22,24-25,27H2,1-3H3;1-2H3. The Morgan fingerprint density at radius 1 is 1.02 bits per heavy atom. The van der Waals surface area contributed by atoms with E-state index < -0.39 is 0 Å². The zero-order chi connectivity index (χ0) is 29.9. The minimum atomic E-state index is 0.383. The fourth-order valence-corrected chi connectivity index (χ4v) is 7.26. The van der Waals surface area contributed by atoms with Crippen molar-refractivity contribution in [2.75, 3.05) is 39.3 Å². The lowest BCUT2D eigenvalue weighted by Gasteiger charge is -2.35. The Labute approximate surface area is 257 Å². The minimum Gasteiger partial charge on any atom is -0.304 e. The maximum absolute atomic E-state index is 13.0. The molecule has 3 nitrogen and oxygen atoms in total. The molecule has 0 N–H and O–H groups in total. The molecule has 0 radical (unpaired) electrons. The van der Waals surface area contributed by atoms with Gasteiger partial charge < -0.3 is 9.80 Å². The van der Waals surface area contributed by atoms with Crippen LogP contribution in [0.25, 0.3) is 0 Å². The first kappa shape index (κ1) is 32.7. The van der Waals surface area contributed by atoms with E-state index in [9.17, 15) is 4.79 Å². The Balaban J connectivity index is 0.00000198. The molecular formula is C39H58N2O. The summed E-state index contributed by atoms with van der Waals surface area (Å²) in [6.45, 7) is 17.4. The predicted molar refractivity (Wildman–Crippen MR) is 180 cm³/mol. The van der Waals surface area contributed by atoms with Gasteiger partial charge in [-0.15, -0.1) is 0 Å². The molecule has 1 aliphatic heterocycles. The van der Waals surface area contributed by atoms with Crippen molar-refractivity contribution in [2.24, 2.45) is 17.8 Å². The monoisotopic (exact) mass is 570 g/mol. The zero-order valence-corrected chi connectivity index (χ0v) is 27.4. The smallest absolute Gasteiger partial charge is 0.158 e. The van der Waals surface area contributed by atoms with Crippen LogP contribution in [0.4, 0.5) is 0 Å². The van der Waals surface area contributed by atoms with Crippen LogP contribution in [0.1, 0.15) is 104 Å². The summed E-state index contributed by atoms with van der Waals surface area (Å²) in [5.74, 6) is 3.26. The summed E-state index contributed by atoms with van der Waals surface area (Å²) in [6, 6.07) is 11.2. The first-order valence-electron chi connectivity index (χ1n) is 17.4. The van der Waals surface area contributed by atoms with E-state index in [1.165, 1.54) is 55.5 Å². The van der Waals surface area contributed by atoms with Crippen LogP contribution in [0.5, 0.6) is 0 Å². The van der Waals surface area contributed by atoms with E-state index in [-0.39, 0.29) is 0 Å². The highest BCUT2D eigenvalue weighted by atomic mass is 16.1. The van der Waals surface area contributed by atoms with E-state index in [0.717, 1.165) is 75.2 Å². The molecule has 3 heteroatoms. The van der Waals surface area contributed by atoms with Crippen molar-refractivity contribution in [3.63, 3.8) is 0 Å². The summed E-state index contributed by atoms with van der Waals surface area (Å²) < 4.78 is 0. The summed E-state index contributed by atoms with van der Waals surface area (Å²) in [6.07, 6.45) is 19.8. The molecule has 4 aliphatic rings. The van der Waals surface area contributed by atoms with E-state index in [0.29, 0.717) is 18.1 Å². The molecule has 0 bridgehead atoms. The molecule has 1 aromatic carbocycles. The van der Waals surface area contributed by atoms with Gasteiger partial charge in [-0.25, -0.2) is 0 Å². The molecule has 0 amide bonds. The Bertz CT molecular complexity index is 1110. The van der Waals surface area contributed by atoms with Gasteiger partial charge in [-0.2, -0.15) is 0 Å². The number of hydrogen-bond acceptors (Lipinski definition) is 3. The molecule has 5 rings (SSSR count). The molecule has 3 aliphatic carbocycles. The van der Waals surface area contributed by atoms with Gasteiger partial charge in [0.1, 0.15) is 0 Å². The molecule has 1 heterocycles. The lowest BCUT2D eigenvalue weighted by atomic mass is 9.85. The second-order valence-electron chi connectivity index (χ2n) is 12.9. The van der Waals surface area contributed by atoms with E-state index in [1.807, 2.05) is 13.8 Å². The van der Waals surface area contributed by atoms with Gasteiger partial charge >= 0.3 is 0 Å². The van der Waals surface area contributed by atoms with Gasteiger partial charge in [-0.1, -0.05) is 93.5 Å². The summed E-state index contributed by atoms with van der Waals surface area (Å²) in [5.41, 5.74) is 7.08. The lowest BCUT2D eigenvalue weighted by Crippen LogP contribution is -2.37. The molecule has 2 fully saturated rings. The van der Waals surface area contributed by atoms with E-state index in [2.05, 4.69) is 85.2 Å². The molecule has 230 valence electrons. The van der Waals surface area contributed by atoms with E-state index in [1.54, 1.807) is 5.57 Å². The number of ketones is 1. The maximum Gasteiger partial charge on any atom is 0.158 e. The molecule has 1 aromatic rings. The first-order valence-corrected chi connectivity index (χ1v) is 17.4. The molecule has 42 heavy (non-hydrogen) atoms. The van der Waals surface area contributed by atoms with Crippen LogP contribution in [-0.2, 0) is 4.79 Å². The third kappa shape index (κ3) is 9.13. The Morgan fingerprint density at radius 2 is 1.76 bits per heavy atom. The molecule has 3 atom stereocenters. The van der Waals surface area contributed by atoms with Gasteiger partial charge in [-0.05, 0) is 125 Å². The molecule has 0 aromatic heterocycles. The Kier molecular flexibility index (Phi) is 12.9. The SMILES string of the molecule is CC.CCN(CC)CCCC(=O)C1=CC(C)=C(CC2CCN(CC(C3=CC4CC4C=C3)c3ccccc3)CC2)CCC1. The van der Waals surface area contributed by atoms with Gasteiger partial charge in [0.25, 0.3) is 0 Å². The highest BCUT2D eigenvalue weighted by Gasteiger charge is 2.36. The largest absolute Gasteiger partial charge is 0.304 e. The van der Waals surface area contributed by atoms with Gasteiger partial charge in [0, 0.05) is 18.9 Å². The number of fused-ring (bicyclic) bond motifs is 1. The molecule has 3 unspecified atom stereocenters. The van der Waals surface area contributed by atoms with Crippen LogP contribution < -0.4 is 0 Å². The fraction of sp³-hybridized carbons (Fsp3) is 0.615. The number of carbonyl (C=O) groups is 1. The van der Waals surface area contributed by atoms with Crippen molar-refractivity contribution in [3.05, 3.63) is 82.5 Å². The number of benzene rings is 1. The fourth-order valence-electron chi connectivity index (χ4n) is 7.26. The lowest BCUT2D eigenvalue weighted by molar-refractivity contribution is -0.115. The number of Topliss-reactive ketones (excluding diaryl/α,β-unsaturated/α-hetero) is 1. The van der Waals surface area contributed by atoms with Crippen molar-refractivity contribution in [3.8, 4) is 0 Å². The van der Waals surface area contributed by atoms with Crippen LogP contribution in [0.2, 0.25) is 0 Å². The average molecular weight is 571 g/mol. The Hall–Kier alpha value is -2.23. The van der Waals surface area contributed by atoms with Crippen LogP contribution in [-0.4, -0.2) is 54.9 Å². The van der Waals surface area contributed by atoms with E-state index >= 15 is 0 Å². The average Bonchev–Trinajstić information content (AvgIpc) is 3.84. The van der Waals surface area contributed by atoms with Crippen molar-refractivity contribution in [2.45, 2.75) is 98.3 Å². The molecular weight excluding hydrogens is 512 g/mol. The quantitative estimate of drug-likeness (QED) is 0.236. The van der Waals surface area contributed by atoms with Gasteiger partial charge in [0.15, 0.2) is 5.78 Å². The van der Waals surface area contributed by atoms with Crippen molar-refractivity contribution >= 4 is 5.78 Å². The van der Waals surface area contributed by atoms with Gasteiger partial charge in [0.05, 0.1) is 0 Å². The van der Waals surface area contributed by atoms with Crippen molar-refractivity contribution in [1.29, 1.82) is 0 Å². The highest BCUT2D eigenvalue weighted by Crippen LogP contribution is 2.46. The van der Waals surface area contributed by atoms with Crippen LogP contribution in [0, 0.1) is 17.8 Å². The van der Waals surface area contributed by atoms with E-state index in [4.69, 9.17) is 0 Å². The van der Waals surface area contributed by atoms with Crippen LogP contribution >= 0.6 is 0 Å². The normalized spacial score (nSPS) is 23.4. The maximum atomic E-state index is 13.0. The minimum absolute atomic E-state index is 0.383. The number of rotatable bonds is 13. The number of allylic oxidation sites excluding steroid dienone is 7. The summed E-state index contributed by atoms with van der Waals surface area (Å²) in [4.78, 5) is 18.1. The third-order valence-corrected chi connectivity index (χ3v) is 10.1. The summed E-state index contributed by atoms with van der Waals surface area (Å²) >= 11 is 0. The number of carbonyl (C=O) groups excluding carboxylic acids is 1. The predicted octanol–water partition coefficient (Wildman–Crippen LogP) is 9.15. The van der Waals surface area contributed by atoms with Gasteiger partial charge in [0.2, 0.25) is 0 Å². The molecule has 1 saturated carbocycles. The summed E-state index contributed by atoms with van der Waals surface area (Å²) in [7, 11) is 0. The van der Waals surface area contributed by atoms with Crippen molar-refractivity contribution < 1.29 is 4.79 Å². The highest BCUT2D eigenvalue weighted by molar-refractivity contribution is 5.95. The number of nitrogens with zero attached hydrogens (tertiary/aromatic N) is 2. The Morgan fingerprint density at radius 3 is 2.45 bits per heavy atom. The van der Waals surface area contributed by atoms with Crippen molar-refractivity contribution in [1.82, 2.24) is 9.80 Å². The zero-order valence-electron chi connectivity index (χ0n) is 27.4. The topological polar surface area (TPSA) is 23.6 Å². The number of likely N-dealkylation sites (tertiary alicyclic amines) is 1. The third-order valence-electron chi connectivity index (χ3n) is 10.1. The number of piperidine rings is 1. The van der Waals surface area contributed by atoms with Crippen LogP contribution in [0.3, 0.4) is 0 Å². The molecule has 1 saturated heterocycles. The first-order chi connectivity index (χ1) is 20.5. The van der Waals surface area contributed by atoms with Gasteiger partial charge in [-0.3, -0.25) is 4.79 Å². The number of hydrogen-bond donors (Lipinski definition) is 0.